The van der Waals surface area contributed by atoms with Gasteiger partial charge in [-0.05, 0) is 11.4 Å². The quantitative estimate of drug-likeness (QED) is 0.870. The summed E-state index contributed by atoms with van der Waals surface area (Å²) in [5.41, 5.74) is 0.514. The van der Waals surface area contributed by atoms with E-state index in [0.717, 1.165) is 4.88 Å². The highest BCUT2D eigenvalue weighted by Crippen LogP contribution is 2.29. The van der Waals surface area contributed by atoms with Crippen LogP contribution < -0.4 is 0 Å². The maximum absolute atomic E-state index is 10.9. The SMILES string of the molecule is O=C(O)c1nnn2c1CO[C@@H](c1cccs1)C2. The normalized spacial score (nSPS) is 18.9. The number of aromatic carboxylic acids is 1. The fraction of sp³-hybridized carbons (Fsp3) is 0.300. The van der Waals surface area contributed by atoms with Crippen molar-refractivity contribution in [3.63, 3.8) is 0 Å². The standard InChI is InChI=1S/C10H9N3O3S/c14-10(15)9-6-5-16-7(4-13(6)12-11-9)8-2-1-3-17-8/h1-3,7H,4-5H2,(H,14,15)/t7-/m1/s1. The Balaban J connectivity index is 1.89. The molecule has 1 N–H and O–H groups in total. The lowest BCUT2D eigenvalue weighted by atomic mass is 10.2. The van der Waals surface area contributed by atoms with E-state index in [0.29, 0.717) is 12.2 Å². The molecule has 3 rings (SSSR count). The van der Waals surface area contributed by atoms with Crippen LogP contribution in [0.1, 0.15) is 27.2 Å². The number of carboxylic acids is 1. The summed E-state index contributed by atoms with van der Waals surface area (Å²) in [6, 6.07) is 3.96. The third-order valence-corrected chi connectivity index (χ3v) is 3.63. The van der Waals surface area contributed by atoms with Gasteiger partial charge in [-0.25, -0.2) is 9.48 Å². The second kappa shape index (κ2) is 3.94. The van der Waals surface area contributed by atoms with Gasteiger partial charge in [0.25, 0.3) is 0 Å². The highest BCUT2D eigenvalue weighted by Gasteiger charge is 2.27. The van der Waals surface area contributed by atoms with Gasteiger partial charge in [-0.2, -0.15) is 0 Å². The maximum Gasteiger partial charge on any atom is 0.358 e. The lowest BCUT2D eigenvalue weighted by Gasteiger charge is -2.22. The molecule has 0 fully saturated rings. The molecule has 2 aromatic rings. The minimum absolute atomic E-state index is 0.0189. The summed E-state index contributed by atoms with van der Waals surface area (Å²) < 4.78 is 7.25. The Bertz CT molecular complexity index is 549. The molecule has 0 radical (unpaired) electrons. The first-order chi connectivity index (χ1) is 8.25. The molecule has 0 spiro atoms. The average molecular weight is 251 g/mol. The number of ether oxygens (including phenoxy) is 1. The summed E-state index contributed by atoms with van der Waals surface area (Å²) in [5.74, 6) is -1.07. The number of aromatic nitrogens is 3. The lowest BCUT2D eigenvalue weighted by molar-refractivity contribution is 0.0000912. The van der Waals surface area contributed by atoms with Crippen molar-refractivity contribution in [3.8, 4) is 0 Å². The highest BCUT2D eigenvalue weighted by molar-refractivity contribution is 7.10. The van der Waals surface area contributed by atoms with Gasteiger partial charge in [0, 0.05) is 4.88 Å². The Morgan fingerprint density at radius 2 is 2.53 bits per heavy atom. The number of hydrogen-bond acceptors (Lipinski definition) is 5. The van der Waals surface area contributed by atoms with E-state index in [4.69, 9.17) is 9.84 Å². The van der Waals surface area contributed by atoms with Crippen molar-refractivity contribution in [1.29, 1.82) is 0 Å². The summed E-state index contributed by atoms with van der Waals surface area (Å²) in [6.07, 6.45) is -0.0640. The van der Waals surface area contributed by atoms with Crippen LogP contribution in [0, 0.1) is 0 Å². The molecule has 88 valence electrons. The molecule has 0 aliphatic carbocycles. The molecule has 0 amide bonds. The minimum Gasteiger partial charge on any atom is -0.476 e. The Morgan fingerprint density at radius 3 is 3.24 bits per heavy atom. The first-order valence-electron chi connectivity index (χ1n) is 5.06. The van der Waals surface area contributed by atoms with Crippen molar-refractivity contribution in [1.82, 2.24) is 15.0 Å². The van der Waals surface area contributed by atoms with E-state index in [1.54, 1.807) is 16.0 Å². The van der Waals surface area contributed by atoms with Gasteiger partial charge in [0.05, 0.1) is 18.8 Å². The Kier molecular flexibility index (Phi) is 2.41. The van der Waals surface area contributed by atoms with Crippen LogP contribution in [-0.2, 0) is 17.9 Å². The van der Waals surface area contributed by atoms with Crippen molar-refractivity contribution < 1.29 is 14.6 Å². The Morgan fingerprint density at radius 1 is 1.65 bits per heavy atom. The highest BCUT2D eigenvalue weighted by atomic mass is 32.1. The zero-order valence-electron chi connectivity index (χ0n) is 8.74. The van der Waals surface area contributed by atoms with Gasteiger partial charge >= 0.3 is 5.97 Å². The number of rotatable bonds is 2. The third-order valence-electron chi connectivity index (χ3n) is 2.66. The molecule has 7 heteroatoms. The summed E-state index contributed by atoms with van der Waals surface area (Å²) in [4.78, 5) is 12.0. The monoisotopic (exact) mass is 251 g/mol. The minimum atomic E-state index is -1.07. The predicted octanol–water partition coefficient (Wildman–Crippen LogP) is 1.31. The molecule has 0 saturated heterocycles. The number of carboxylic acid groups (broad SMARTS) is 1. The van der Waals surface area contributed by atoms with Crippen molar-refractivity contribution in [2.24, 2.45) is 0 Å². The first kappa shape index (κ1) is 10.4. The van der Waals surface area contributed by atoms with Gasteiger partial charge in [-0.15, -0.1) is 16.4 Å². The molecule has 6 nitrogen and oxygen atoms in total. The third kappa shape index (κ3) is 1.73. The molecular formula is C10H9N3O3S. The zero-order valence-corrected chi connectivity index (χ0v) is 9.55. The van der Waals surface area contributed by atoms with Crippen LogP contribution in [0.5, 0.6) is 0 Å². The van der Waals surface area contributed by atoms with E-state index < -0.39 is 5.97 Å². The van der Waals surface area contributed by atoms with Crippen LogP contribution in [-0.4, -0.2) is 26.1 Å². The molecule has 0 bridgehead atoms. The fourth-order valence-corrected chi connectivity index (χ4v) is 2.59. The van der Waals surface area contributed by atoms with Gasteiger partial charge < -0.3 is 9.84 Å². The van der Waals surface area contributed by atoms with Crippen molar-refractivity contribution in [2.45, 2.75) is 19.3 Å². The van der Waals surface area contributed by atoms with Gasteiger partial charge in [0.2, 0.25) is 0 Å². The summed E-state index contributed by atoms with van der Waals surface area (Å²) in [7, 11) is 0. The summed E-state index contributed by atoms with van der Waals surface area (Å²) >= 11 is 1.61. The van der Waals surface area contributed by atoms with Crippen LogP contribution >= 0.6 is 11.3 Å². The largest absolute Gasteiger partial charge is 0.476 e. The van der Waals surface area contributed by atoms with Crippen LogP contribution in [0.4, 0.5) is 0 Å². The number of fused-ring (bicyclic) bond motifs is 1. The molecule has 2 aromatic heterocycles. The molecule has 1 atom stereocenters. The molecule has 1 aliphatic rings. The smallest absolute Gasteiger partial charge is 0.358 e. The van der Waals surface area contributed by atoms with Crippen LogP contribution in [0.2, 0.25) is 0 Å². The summed E-state index contributed by atoms with van der Waals surface area (Å²) in [6.45, 7) is 0.743. The number of hydrogen-bond donors (Lipinski definition) is 1. The molecule has 3 heterocycles. The zero-order chi connectivity index (χ0) is 11.8. The second-order valence-corrected chi connectivity index (χ2v) is 4.67. The van der Waals surface area contributed by atoms with Crippen LogP contribution in [0.15, 0.2) is 17.5 Å². The van der Waals surface area contributed by atoms with E-state index in [1.165, 1.54) is 0 Å². The lowest BCUT2D eigenvalue weighted by Crippen LogP contribution is -2.22. The number of thiophene rings is 1. The fourth-order valence-electron chi connectivity index (χ4n) is 1.82. The molecule has 0 aromatic carbocycles. The first-order valence-corrected chi connectivity index (χ1v) is 5.94. The Labute approximate surface area is 100 Å². The molecule has 0 unspecified atom stereocenters. The van der Waals surface area contributed by atoms with Crippen LogP contribution in [0.3, 0.4) is 0 Å². The van der Waals surface area contributed by atoms with E-state index in [9.17, 15) is 4.79 Å². The number of nitrogens with zero attached hydrogens (tertiary/aromatic N) is 3. The van der Waals surface area contributed by atoms with E-state index in [-0.39, 0.29) is 18.4 Å². The molecule has 17 heavy (non-hydrogen) atoms. The van der Waals surface area contributed by atoms with E-state index in [1.807, 2.05) is 17.5 Å². The predicted molar refractivity (Wildman–Crippen MR) is 58.8 cm³/mol. The van der Waals surface area contributed by atoms with Crippen molar-refractivity contribution in [3.05, 3.63) is 33.8 Å². The molecular weight excluding hydrogens is 242 g/mol. The van der Waals surface area contributed by atoms with Gasteiger partial charge in [-0.3, -0.25) is 0 Å². The topological polar surface area (TPSA) is 77.2 Å². The van der Waals surface area contributed by atoms with Crippen LogP contribution in [0.25, 0.3) is 0 Å². The average Bonchev–Trinajstić information content (AvgIpc) is 2.97. The second-order valence-electron chi connectivity index (χ2n) is 3.69. The summed E-state index contributed by atoms with van der Waals surface area (Å²) in [5, 5.41) is 18.4. The molecule has 1 aliphatic heterocycles. The van der Waals surface area contributed by atoms with E-state index in [2.05, 4.69) is 10.3 Å². The van der Waals surface area contributed by atoms with E-state index >= 15 is 0 Å². The van der Waals surface area contributed by atoms with Gasteiger partial charge in [0.15, 0.2) is 5.69 Å². The maximum atomic E-state index is 10.9. The van der Waals surface area contributed by atoms with Gasteiger partial charge in [0.1, 0.15) is 6.10 Å². The molecule has 0 saturated carbocycles. The van der Waals surface area contributed by atoms with Crippen molar-refractivity contribution in [2.75, 3.05) is 0 Å². The number of carbonyl (C=O) groups is 1. The Hall–Kier alpha value is -1.73. The van der Waals surface area contributed by atoms with Crippen molar-refractivity contribution >= 4 is 17.3 Å². The van der Waals surface area contributed by atoms with Gasteiger partial charge in [-0.1, -0.05) is 11.3 Å².